The Labute approximate surface area is 213 Å². The van der Waals surface area contributed by atoms with Gasteiger partial charge in [0.25, 0.3) is 0 Å². The zero-order chi connectivity index (χ0) is 26.2. The summed E-state index contributed by atoms with van der Waals surface area (Å²) >= 11 is 0. The maximum atomic E-state index is 11.7. The lowest BCUT2D eigenvalue weighted by atomic mass is 9.82. The Bertz CT molecular complexity index is 1490. The molecule has 11 nitrogen and oxygen atoms in total. The van der Waals surface area contributed by atoms with E-state index in [1.165, 1.54) is 0 Å². The van der Waals surface area contributed by atoms with Gasteiger partial charge in [-0.1, -0.05) is 13.8 Å². The summed E-state index contributed by atoms with van der Waals surface area (Å²) in [6.07, 6.45) is 5.27. The average molecular weight is 503 g/mol. The minimum atomic E-state index is -0.505. The number of fused-ring (bicyclic) bond motifs is 1. The van der Waals surface area contributed by atoms with E-state index in [1.807, 2.05) is 39.0 Å². The van der Waals surface area contributed by atoms with Crippen molar-refractivity contribution in [3.05, 3.63) is 58.8 Å². The van der Waals surface area contributed by atoms with Crippen molar-refractivity contribution in [1.82, 2.24) is 19.9 Å². The number of rotatable bonds is 8. The fraction of sp³-hybridized carbons (Fsp3) is 0.346. The molecule has 0 spiro atoms. The van der Waals surface area contributed by atoms with Gasteiger partial charge in [-0.05, 0) is 56.0 Å². The Kier molecular flexibility index (Phi) is 6.28. The number of carbonyl (C=O) groups is 1. The maximum Gasteiger partial charge on any atom is 0.417 e. The van der Waals surface area contributed by atoms with Crippen LogP contribution in [0.4, 0.5) is 29.0 Å². The van der Waals surface area contributed by atoms with Crippen LogP contribution in [-0.2, 0) is 4.79 Å². The van der Waals surface area contributed by atoms with Crippen LogP contribution in [0.2, 0.25) is 0 Å². The van der Waals surface area contributed by atoms with Crippen LogP contribution in [0.15, 0.2) is 51.9 Å². The number of benzene rings is 1. The van der Waals surface area contributed by atoms with Crippen LogP contribution in [-0.4, -0.2) is 38.9 Å². The Morgan fingerprint density at radius 2 is 2.00 bits per heavy atom. The largest absolute Gasteiger partial charge is 0.417 e. The van der Waals surface area contributed by atoms with Gasteiger partial charge in [0.2, 0.25) is 11.9 Å². The highest BCUT2D eigenvalue weighted by Gasteiger charge is 2.33. The molecule has 0 aliphatic carbocycles. The van der Waals surface area contributed by atoms with Gasteiger partial charge in [0.15, 0.2) is 5.58 Å². The quantitative estimate of drug-likeness (QED) is 0.281. The van der Waals surface area contributed by atoms with Crippen molar-refractivity contribution >= 4 is 46.0 Å². The lowest BCUT2D eigenvalue weighted by Crippen LogP contribution is -2.34. The molecule has 0 bridgehead atoms. The third-order valence-electron chi connectivity index (χ3n) is 6.73. The molecule has 1 aromatic carbocycles. The Morgan fingerprint density at radius 3 is 2.76 bits per heavy atom. The van der Waals surface area contributed by atoms with Crippen molar-refractivity contribution in [2.75, 3.05) is 28.6 Å². The van der Waals surface area contributed by atoms with E-state index < -0.39 is 11.2 Å². The van der Waals surface area contributed by atoms with Crippen molar-refractivity contribution in [2.45, 2.75) is 33.6 Å². The predicted molar refractivity (Wildman–Crippen MR) is 142 cm³/mol. The highest BCUT2D eigenvalue weighted by molar-refractivity contribution is 5.80. The molecule has 1 amide bonds. The van der Waals surface area contributed by atoms with Crippen LogP contribution >= 0.6 is 0 Å². The van der Waals surface area contributed by atoms with Gasteiger partial charge in [0.1, 0.15) is 11.6 Å². The number of nitrogens with zero attached hydrogens (tertiary/aromatic N) is 4. The fourth-order valence-corrected chi connectivity index (χ4v) is 4.60. The van der Waals surface area contributed by atoms with Gasteiger partial charge in [-0.15, -0.1) is 0 Å². The summed E-state index contributed by atoms with van der Waals surface area (Å²) in [6, 6.07) is 9.24. The number of carbonyl (C=O) groups excluding carboxylic acids is 1. The van der Waals surface area contributed by atoms with Crippen molar-refractivity contribution in [3.8, 4) is 0 Å². The molecule has 1 unspecified atom stereocenters. The molecular weight excluding hydrogens is 472 g/mol. The first-order valence-corrected chi connectivity index (χ1v) is 12.2. The fourth-order valence-electron chi connectivity index (χ4n) is 4.60. The molecule has 0 radical (unpaired) electrons. The molecule has 4 aromatic rings. The van der Waals surface area contributed by atoms with E-state index >= 15 is 0 Å². The van der Waals surface area contributed by atoms with Crippen molar-refractivity contribution in [2.24, 2.45) is 17.1 Å². The van der Waals surface area contributed by atoms with Gasteiger partial charge < -0.3 is 25.7 Å². The molecule has 5 N–H and O–H groups in total. The molecule has 5 rings (SSSR count). The highest BCUT2D eigenvalue weighted by atomic mass is 16.4. The first kappa shape index (κ1) is 24.3. The van der Waals surface area contributed by atoms with E-state index in [2.05, 4.69) is 35.5 Å². The van der Waals surface area contributed by atoms with Gasteiger partial charge >= 0.3 is 5.76 Å². The summed E-state index contributed by atoms with van der Waals surface area (Å²) in [6.45, 7) is 7.48. The first-order valence-electron chi connectivity index (χ1n) is 12.2. The third-order valence-corrected chi connectivity index (χ3v) is 6.73. The highest BCUT2D eigenvalue weighted by Crippen LogP contribution is 2.32. The summed E-state index contributed by atoms with van der Waals surface area (Å²) in [5.74, 6) is 1.61. The number of hydrogen-bond donors (Lipinski definition) is 4. The second-order valence-electron chi connectivity index (χ2n) is 10.2. The lowest BCUT2D eigenvalue weighted by molar-refractivity contribution is -0.126. The molecule has 1 aliphatic heterocycles. The number of nitrogens with two attached hydrogens (primary N) is 1. The number of aromatic amines is 1. The van der Waals surface area contributed by atoms with E-state index in [0.717, 1.165) is 48.7 Å². The number of primary amides is 1. The predicted octanol–water partition coefficient (Wildman–Crippen LogP) is 3.83. The van der Waals surface area contributed by atoms with Crippen molar-refractivity contribution in [1.29, 1.82) is 0 Å². The number of nitrogens with one attached hydrogen (secondary N) is 3. The number of anilines is 5. The van der Waals surface area contributed by atoms with Gasteiger partial charge in [0, 0.05) is 36.0 Å². The van der Waals surface area contributed by atoms with Crippen LogP contribution in [0.1, 0.15) is 32.3 Å². The zero-order valence-corrected chi connectivity index (χ0v) is 21.0. The van der Waals surface area contributed by atoms with Crippen LogP contribution in [0, 0.1) is 18.3 Å². The monoisotopic (exact) mass is 502 g/mol. The smallest absolute Gasteiger partial charge is 0.408 e. The summed E-state index contributed by atoms with van der Waals surface area (Å²) in [5, 5.41) is 6.47. The molecular formula is C26H30N8O3. The lowest BCUT2D eigenvalue weighted by Gasteiger charge is -2.24. The molecule has 3 aromatic heterocycles. The van der Waals surface area contributed by atoms with Crippen LogP contribution < -0.4 is 27.0 Å². The summed E-state index contributed by atoms with van der Waals surface area (Å²) < 4.78 is 5.06. The molecule has 37 heavy (non-hydrogen) atoms. The second kappa shape index (κ2) is 9.57. The van der Waals surface area contributed by atoms with Gasteiger partial charge in [0.05, 0.1) is 17.4 Å². The third kappa shape index (κ3) is 5.40. The molecule has 0 saturated carbocycles. The first-order chi connectivity index (χ1) is 17.7. The molecule has 11 heteroatoms. The standard InChI is InChI=1S/C26H30N8O3/c1-15-12-29-24(33-22(15)30-17-4-6-20-19(10-17)32-25(36)37-20)31-18-5-7-21(28-13-18)34-9-8-16(14-34)11-26(2,3)23(27)35/h4-7,10,12-13,16H,8-9,11,14H2,1-3H3,(H2,27,35)(H,32,36)(H2,29,30,31,33). The average Bonchev–Trinajstić information content (AvgIpc) is 3.46. The number of pyridine rings is 1. The Morgan fingerprint density at radius 1 is 1.19 bits per heavy atom. The number of amides is 1. The minimum Gasteiger partial charge on any atom is -0.408 e. The van der Waals surface area contributed by atoms with Crippen LogP contribution in [0.3, 0.4) is 0 Å². The molecule has 1 atom stereocenters. The topological polar surface area (TPSA) is 155 Å². The van der Waals surface area contributed by atoms with E-state index in [-0.39, 0.29) is 5.91 Å². The molecule has 192 valence electrons. The normalized spacial score (nSPS) is 15.8. The SMILES string of the molecule is Cc1cnc(Nc2ccc(N3CCC(CC(C)(C)C(N)=O)C3)nc2)nc1Nc1ccc2oc(=O)[nH]c2c1. The van der Waals surface area contributed by atoms with E-state index in [0.29, 0.717) is 28.8 Å². The number of hydrogen-bond acceptors (Lipinski definition) is 9. The second-order valence-corrected chi connectivity index (χ2v) is 10.2. The summed E-state index contributed by atoms with van der Waals surface area (Å²) in [4.78, 5) is 41.6. The van der Waals surface area contributed by atoms with E-state index in [1.54, 1.807) is 24.5 Å². The Balaban J connectivity index is 1.24. The van der Waals surface area contributed by atoms with Gasteiger partial charge in [-0.25, -0.2) is 14.8 Å². The number of H-pyrrole nitrogens is 1. The van der Waals surface area contributed by atoms with Gasteiger partial charge in [-0.3, -0.25) is 9.78 Å². The van der Waals surface area contributed by atoms with Gasteiger partial charge in [-0.2, -0.15) is 4.98 Å². The molecule has 1 saturated heterocycles. The molecule has 1 aliphatic rings. The van der Waals surface area contributed by atoms with E-state index in [9.17, 15) is 9.59 Å². The van der Waals surface area contributed by atoms with Crippen LogP contribution in [0.5, 0.6) is 0 Å². The number of aryl methyl sites for hydroxylation is 1. The maximum absolute atomic E-state index is 11.7. The number of oxazole rings is 1. The molecule has 1 fully saturated rings. The van der Waals surface area contributed by atoms with Crippen LogP contribution in [0.25, 0.3) is 11.1 Å². The Hall–Kier alpha value is -4.41. The molecule has 4 heterocycles. The minimum absolute atomic E-state index is 0.258. The summed E-state index contributed by atoms with van der Waals surface area (Å²) in [5.41, 5.74) is 8.53. The van der Waals surface area contributed by atoms with Crippen molar-refractivity contribution in [3.63, 3.8) is 0 Å². The van der Waals surface area contributed by atoms with Crippen molar-refractivity contribution < 1.29 is 9.21 Å². The van der Waals surface area contributed by atoms with E-state index in [4.69, 9.17) is 10.2 Å². The number of aromatic nitrogens is 4. The summed E-state index contributed by atoms with van der Waals surface area (Å²) in [7, 11) is 0. The zero-order valence-electron chi connectivity index (χ0n) is 21.0.